The minimum Gasteiger partial charge on any atom is -0.462 e. The van der Waals surface area contributed by atoms with Crippen molar-refractivity contribution in [1.29, 1.82) is 0 Å². The van der Waals surface area contributed by atoms with Crippen molar-refractivity contribution >= 4 is 11.9 Å². The normalized spacial score (nSPS) is 12.3. The summed E-state index contributed by atoms with van der Waals surface area (Å²) in [4.78, 5) is 24.5. The Labute approximate surface area is 202 Å². The van der Waals surface area contributed by atoms with Gasteiger partial charge in [0.05, 0.1) is 24.3 Å². The Bertz CT molecular complexity index is 558. The molecule has 33 heavy (non-hydrogen) atoms. The second-order valence-electron chi connectivity index (χ2n) is 8.68. The number of hydrogen-bond donors (Lipinski definition) is 1. The number of aliphatic hydroxyl groups excluding tert-OH is 1. The highest BCUT2D eigenvalue weighted by Crippen LogP contribution is 2.16. The van der Waals surface area contributed by atoms with Crippen molar-refractivity contribution < 1.29 is 24.2 Å². The van der Waals surface area contributed by atoms with E-state index in [9.17, 15) is 9.59 Å². The van der Waals surface area contributed by atoms with Gasteiger partial charge in [-0.25, -0.2) is 9.59 Å². The Hall–Kier alpha value is -1.88. The summed E-state index contributed by atoms with van der Waals surface area (Å²) in [7, 11) is 0. The van der Waals surface area contributed by atoms with Gasteiger partial charge in [-0.2, -0.15) is 0 Å². The standard InChI is InChI=1S/C24H38O4.C4H10O/c1-5-9-11-19(7-3)17-27-23(25)21-13-15-22(16-14-21)24(26)28-18-20(8-4)12-10-6-2;1-2-3-4-5/h13-16,19-20H,5-12,17-18H2,1-4H3;5H,2-4H2,1H3. The highest BCUT2D eigenvalue weighted by atomic mass is 16.5. The van der Waals surface area contributed by atoms with Gasteiger partial charge in [0.1, 0.15) is 0 Å². The third-order valence-corrected chi connectivity index (χ3v) is 5.85. The van der Waals surface area contributed by atoms with E-state index in [-0.39, 0.29) is 11.9 Å². The number of hydrogen-bond acceptors (Lipinski definition) is 5. The first kappa shape index (κ1) is 31.1. The van der Waals surface area contributed by atoms with Crippen LogP contribution in [0.2, 0.25) is 0 Å². The highest BCUT2D eigenvalue weighted by Gasteiger charge is 2.15. The van der Waals surface area contributed by atoms with E-state index in [4.69, 9.17) is 14.6 Å². The number of unbranched alkanes of at least 4 members (excludes halogenated alkanes) is 3. The lowest BCUT2D eigenvalue weighted by atomic mass is 10.0. The molecule has 0 fully saturated rings. The van der Waals surface area contributed by atoms with Crippen LogP contribution in [0.4, 0.5) is 0 Å². The topological polar surface area (TPSA) is 72.8 Å². The highest BCUT2D eigenvalue weighted by molar-refractivity contribution is 5.93. The molecular formula is C28H48O5. The fourth-order valence-electron chi connectivity index (χ4n) is 3.25. The molecule has 0 spiro atoms. The third kappa shape index (κ3) is 14.8. The van der Waals surface area contributed by atoms with Crippen molar-refractivity contribution in [1.82, 2.24) is 0 Å². The van der Waals surface area contributed by atoms with Gasteiger partial charge in [0.25, 0.3) is 0 Å². The van der Waals surface area contributed by atoms with Gasteiger partial charge in [0.15, 0.2) is 0 Å². The summed E-state index contributed by atoms with van der Waals surface area (Å²) in [5.41, 5.74) is 0.938. The second-order valence-corrected chi connectivity index (χ2v) is 8.68. The maximum atomic E-state index is 12.2. The van der Waals surface area contributed by atoms with Crippen molar-refractivity contribution in [3.05, 3.63) is 35.4 Å². The number of rotatable bonds is 16. The predicted octanol–water partition coefficient (Wildman–Crippen LogP) is 7.21. The van der Waals surface area contributed by atoms with Crippen LogP contribution in [-0.4, -0.2) is 36.9 Å². The van der Waals surface area contributed by atoms with Crippen molar-refractivity contribution in [3.63, 3.8) is 0 Å². The molecule has 0 aliphatic heterocycles. The molecule has 0 bridgehead atoms. The molecule has 0 radical (unpaired) electrons. The lowest BCUT2D eigenvalue weighted by molar-refractivity contribution is 0.0414. The van der Waals surface area contributed by atoms with E-state index in [0.29, 0.717) is 42.8 Å². The molecule has 5 nitrogen and oxygen atoms in total. The van der Waals surface area contributed by atoms with Crippen LogP contribution in [-0.2, 0) is 9.47 Å². The molecule has 190 valence electrons. The van der Waals surface area contributed by atoms with Gasteiger partial charge in [-0.05, 0) is 55.4 Å². The van der Waals surface area contributed by atoms with E-state index in [2.05, 4.69) is 34.6 Å². The van der Waals surface area contributed by atoms with Crippen molar-refractivity contribution in [3.8, 4) is 0 Å². The van der Waals surface area contributed by atoms with Gasteiger partial charge in [-0.15, -0.1) is 0 Å². The van der Waals surface area contributed by atoms with E-state index in [1.54, 1.807) is 24.3 Å². The van der Waals surface area contributed by atoms with Gasteiger partial charge in [0.2, 0.25) is 0 Å². The molecule has 0 amide bonds. The summed E-state index contributed by atoms with van der Waals surface area (Å²) in [6.07, 6.45) is 10.8. The summed E-state index contributed by atoms with van der Waals surface area (Å²) in [5, 5.41) is 8.07. The van der Waals surface area contributed by atoms with Crippen LogP contribution in [0.3, 0.4) is 0 Å². The van der Waals surface area contributed by atoms with Crippen molar-refractivity contribution in [2.24, 2.45) is 11.8 Å². The first-order valence-corrected chi connectivity index (χ1v) is 13.0. The quantitative estimate of drug-likeness (QED) is 0.262. The Morgan fingerprint density at radius 1 is 0.697 bits per heavy atom. The molecule has 1 rings (SSSR count). The van der Waals surface area contributed by atoms with E-state index < -0.39 is 0 Å². The predicted molar refractivity (Wildman–Crippen MR) is 136 cm³/mol. The third-order valence-electron chi connectivity index (χ3n) is 5.85. The largest absolute Gasteiger partial charge is 0.462 e. The lowest BCUT2D eigenvalue weighted by Gasteiger charge is -2.15. The van der Waals surface area contributed by atoms with E-state index in [1.807, 2.05) is 0 Å². The van der Waals surface area contributed by atoms with E-state index >= 15 is 0 Å². The molecule has 0 aliphatic carbocycles. The summed E-state index contributed by atoms with van der Waals surface area (Å²) < 4.78 is 10.9. The molecular weight excluding hydrogens is 416 g/mol. The van der Waals surface area contributed by atoms with Gasteiger partial charge in [-0.1, -0.05) is 79.6 Å². The molecule has 2 unspecified atom stereocenters. The van der Waals surface area contributed by atoms with Gasteiger partial charge < -0.3 is 14.6 Å². The number of carbonyl (C=O) groups excluding carboxylic acids is 2. The Morgan fingerprint density at radius 2 is 1.06 bits per heavy atom. The van der Waals surface area contributed by atoms with Crippen molar-refractivity contribution in [2.75, 3.05) is 19.8 Å². The average molecular weight is 465 g/mol. The second kappa shape index (κ2) is 20.7. The zero-order chi connectivity index (χ0) is 24.9. The van der Waals surface area contributed by atoms with Gasteiger partial charge >= 0.3 is 11.9 Å². The number of ether oxygens (including phenoxy) is 2. The van der Waals surface area contributed by atoms with Crippen molar-refractivity contribution in [2.45, 2.75) is 98.8 Å². The SMILES string of the molecule is CCCCC(CC)COC(=O)c1ccc(C(=O)OCC(CC)CCCC)cc1.CCCCO. The molecule has 0 aliphatic rings. The fourth-order valence-corrected chi connectivity index (χ4v) is 3.25. The van der Waals surface area contributed by atoms with Crippen LogP contribution >= 0.6 is 0 Å². The number of benzene rings is 1. The summed E-state index contributed by atoms with van der Waals surface area (Å²) in [6.45, 7) is 11.9. The number of esters is 2. The number of aliphatic hydroxyl groups is 1. The minimum atomic E-state index is -0.333. The maximum Gasteiger partial charge on any atom is 0.338 e. The Morgan fingerprint density at radius 3 is 1.30 bits per heavy atom. The number of carbonyl (C=O) groups is 2. The fraction of sp³-hybridized carbons (Fsp3) is 0.714. The molecule has 0 heterocycles. The van der Waals surface area contributed by atoms with Gasteiger partial charge in [-0.3, -0.25) is 0 Å². The maximum absolute atomic E-state index is 12.2. The van der Waals surface area contributed by atoms with Crippen LogP contribution in [0.25, 0.3) is 0 Å². The van der Waals surface area contributed by atoms with Gasteiger partial charge in [0, 0.05) is 6.61 Å². The first-order chi connectivity index (χ1) is 16.0. The molecule has 2 atom stereocenters. The minimum absolute atomic E-state index is 0.333. The summed E-state index contributed by atoms with van der Waals surface area (Å²) in [6, 6.07) is 6.56. The Kier molecular flexibility index (Phi) is 19.5. The van der Waals surface area contributed by atoms with Crippen LogP contribution in [0.5, 0.6) is 0 Å². The van der Waals surface area contributed by atoms with Crippen LogP contribution in [0.1, 0.15) is 120 Å². The molecule has 1 aromatic rings. The van der Waals surface area contributed by atoms with Crippen LogP contribution in [0, 0.1) is 11.8 Å². The lowest BCUT2D eigenvalue weighted by Crippen LogP contribution is -2.15. The smallest absolute Gasteiger partial charge is 0.338 e. The zero-order valence-electron chi connectivity index (χ0n) is 21.7. The average Bonchev–Trinajstić information content (AvgIpc) is 2.85. The summed E-state index contributed by atoms with van der Waals surface area (Å²) >= 11 is 0. The molecule has 5 heteroatoms. The monoisotopic (exact) mass is 464 g/mol. The van der Waals surface area contributed by atoms with E-state index in [1.165, 1.54) is 0 Å². The zero-order valence-corrected chi connectivity index (χ0v) is 21.7. The Balaban J connectivity index is 0.00000184. The first-order valence-electron chi connectivity index (χ1n) is 13.0. The summed E-state index contributed by atoms with van der Waals surface area (Å²) in [5.74, 6) is 0.163. The van der Waals surface area contributed by atoms with E-state index in [0.717, 1.165) is 64.2 Å². The molecule has 0 aromatic heterocycles. The molecule has 0 saturated carbocycles. The molecule has 1 N–H and O–H groups in total. The van der Waals surface area contributed by atoms with Crippen LogP contribution in [0.15, 0.2) is 24.3 Å². The van der Waals surface area contributed by atoms with Crippen LogP contribution < -0.4 is 0 Å². The molecule has 0 saturated heterocycles. The molecule has 1 aromatic carbocycles.